The number of aryl methyl sites for hydroxylation is 1. The van der Waals surface area contributed by atoms with E-state index >= 15 is 0 Å². The Balaban J connectivity index is 1.95. The second-order valence-corrected chi connectivity index (χ2v) is 8.34. The van der Waals surface area contributed by atoms with Gasteiger partial charge in [-0.25, -0.2) is 18.0 Å². The number of rotatable bonds is 5. The minimum atomic E-state index is -4.08. The summed E-state index contributed by atoms with van der Waals surface area (Å²) < 4.78 is 31.2. The fourth-order valence-corrected chi connectivity index (χ4v) is 4.43. The van der Waals surface area contributed by atoms with Crippen molar-refractivity contribution >= 4 is 33.1 Å². The van der Waals surface area contributed by atoms with Crippen LogP contribution in [-0.4, -0.2) is 30.1 Å². The molecule has 0 bridgehead atoms. The molecule has 0 saturated heterocycles. The molecule has 0 aliphatic carbocycles. The molecule has 27 heavy (non-hydrogen) atoms. The van der Waals surface area contributed by atoms with Crippen LogP contribution in [0.3, 0.4) is 0 Å². The van der Waals surface area contributed by atoms with Gasteiger partial charge < -0.3 is 9.72 Å². The maximum atomic E-state index is 12.9. The fourth-order valence-electron chi connectivity index (χ4n) is 2.44. The van der Waals surface area contributed by atoms with E-state index in [1.807, 2.05) is 11.4 Å². The minimum Gasteiger partial charge on any atom is -0.450 e. The van der Waals surface area contributed by atoms with Crippen LogP contribution in [-0.2, 0) is 14.8 Å². The highest BCUT2D eigenvalue weighted by Gasteiger charge is 2.22. The summed E-state index contributed by atoms with van der Waals surface area (Å²) in [6.45, 7) is 3.55. The first-order chi connectivity index (χ1) is 12.8. The van der Waals surface area contributed by atoms with Crippen molar-refractivity contribution in [2.45, 2.75) is 18.7 Å². The molecule has 3 aromatic rings. The summed E-state index contributed by atoms with van der Waals surface area (Å²) in [5.74, 6) is 0. The Bertz CT molecular complexity index is 1130. The first-order valence-corrected chi connectivity index (χ1v) is 10.3. The number of amides is 1. The number of hydrogen-bond acceptors (Lipinski definition) is 6. The highest BCUT2D eigenvalue weighted by molar-refractivity contribution is 7.90. The van der Waals surface area contributed by atoms with E-state index in [1.165, 1.54) is 35.7 Å². The molecular formula is C17H17N3O5S2. The molecule has 1 amide bonds. The first kappa shape index (κ1) is 18.9. The summed E-state index contributed by atoms with van der Waals surface area (Å²) in [5, 5.41) is 4.37. The van der Waals surface area contributed by atoms with Gasteiger partial charge in [0.1, 0.15) is 0 Å². The number of nitrogens with zero attached hydrogens (tertiary/aromatic N) is 1. The van der Waals surface area contributed by atoms with Gasteiger partial charge in [0.15, 0.2) is 0 Å². The van der Waals surface area contributed by atoms with Crippen LogP contribution in [0.15, 0.2) is 51.6 Å². The smallest absolute Gasteiger partial charge is 0.411 e. The van der Waals surface area contributed by atoms with E-state index in [9.17, 15) is 18.0 Å². The van der Waals surface area contributed by atoms with Gasteiger partial charge in [-0.05, 0) is 49.1 Å². The number of carbonyl (C=O) groups excluding carboxylic acids is 1. The van der Waals surface area contributed by atoms with Crippen molar-refractivity contribution in [3.63, 3.8) is 0 Å². The Kier molecular flexibility index (Phi) is 5.19. The lowest BCUT2D eigenvalue weighted by molar-refractivity contribution is 0.168. The molecule has 0 unspecified atom stereocenters. The van der Waals surface area contributed by atoms with Crippen molar-refractivity contribution in [2.24, 2.45) is 0 Å². The predicted molar refractivity (Wildman–Crippen MR) is 103 cm³/mol. The third-order valence-corrected chi connectivity index (χ3v) is 6.28. The molecular weight excluding hydrogens is 390 g/mol. The summed E-state index contributed by atoms with van der Waals surface area (Å²) in [6.07, 6.45) is 0.641. The predicted octanol–water partition coefficient (Wildman–Crippen LogP) is 3.02. The highest BCUT2D eigenvalue weighted by Crippen LogP contribution is 2.24. The monoisotopic (exact) mass is 407 g/mol. The molecule has 0 aliphatic rings. The number of benzene rings is 1. The lowest BCUT2D eigenvalue weighted by Crippen LogP contribution is -2.24. The van der Waals surface area contributed by atoms with E-state index < -0.39 is 21.8 Å². The molecule has 2 aromatic heterocycles. The van der Waals surface area contributed by atoms with Gasteiger partial charge in [0.05, 0.1) is 28.3 Å². The molecule has 8 nitrogen and oxygen atoms in total. The van der Waals surface area contributed by atoms with Gasteiger partial charge in [-0.2, -0.15) is 3.97 Å². The maximum Gasteiger partial charge on any atom is 0.411 e. The number of carbonyl (C=O) groups is 1. The molecule has 0 aliphatic heterocycles. The first-order valence-electron chi connectivity index (χ1n) is 7.98. The average Bonchev–Trinajstić information content (AvgIpc) is 3.26. The number of thiophene rings is 1. The summed E-state index contributed by atoms with van der Waals surface area (Å²) in [4.78, 5) is 27.0. The second kappa shape index (κ2) is 7.41. The lowest BCUT2D eigenvalue weighted by Gasteiger charge is -2.10. The van der Waals surface area contributed by atoms with Crippen molar-refractivity contribution in [1.82, 2.24) is 8.96 Å². The Morgan fingerprint density at radius 2 is 2.11 bits per heavy atom. The van der Waals surface area contributed by atoms with Gasteiger partial charge in [0.2, 0.25) is 0 Å². The fraction of sp³-hybridized carbons (Fsp3) is 0.176. The summed E-state index contributed by atoms with van der Waals surface area (Å²) in [7, 11) is -4.08. The zero-order valence-electron chi connectivity index (χ0n) is 14.6. The third-order valence-electron chi connectivity index (χ3n) is 3.74. The Hall–Kier alpha value is -2.85. The molecule has 0 saturated carbocycles. The second-order valence-electron chi connectivity index (χ2n) is 5.57. The van der Waals surface area contributed by atoms with Crippen molar-refractivity contribution in [1.29, 1.82) is 0 Å². The van der Waals surface area contributed by atoms with Gasteiger partial charge in [0.25, 0.3) is 10.0 Å². The van der Waals surface area contributed by atoms with Crippen LogP contribution in [0.1, 0.15) is 12.5 Å². The van der Waals surface area contributed by atoms with Gasteiger partial charge >= 0.3 is 11.8 Å². The number of anilines is 1. The van der Waals surface area contributed by atoms with Crippen molar-refractivity contribution < 1.29 is 17.9 Å². The maximum absolute atomic E-state index is 12.9. The molecule has 2 heterocycles. The van der Waals surface area contributed by atoms with Crippen molar-refractivity contribution in [3.05, 3.63) is 58.0 Å². The molecule has 0 spiro atoms. The molecule has 10 heteroatoms. The van der Waals surface area contributed by atoms with Crippen LogP contribution in [0.4, 0.5) is 10.5 Å². The Morgan fingerprint density at radius 1 is 1.33 bits per heavy atom. The lowest BCUT2D eigenvalue weighted by atomic mass is 10.2. The molecule has 0 radical (unpaired) electrons. The average molecular weight is 407 g/mol. The highest BCUT2D eigenvalue weighted by atomic mass is 32.2. The number of imidazole rings is 1. The van der Waals surface area contributed by atoms with E-state index in [2.05, 4.69) is 10.3 Å². The molecule has 0 fully saturated rings. The minimum absolute atomic E-state index is 0.0618. The Labute approximate surface area is 159 Å². The van der Waals surface area contributed by atoms with Gasteiger partial charge in [-0.1, -0.05) is 6.07 Å². The number of nitrogens with one attached hydrogen (secondary N) is 2. The van der Waals surface area contributed by atoms with E-state index in [4.69, 9.17) is 4.74 Å². The van der Waals surface area contributed by atoms with E-state index in [-0.39, 0.29) is 11.5 Å². The van der Waals surface area contributed by atoms with E-state index in [1.54, 1.807) is 19.9 Å². The molecule has 0 atom stereocenters. The van der Waals surface area contributed by atoms with E-state index in [0.29, 0.717) is 20.9 Å². The normalized spacial score (nSPS) is 11.3. The third kappa shape index (κ3) is 3.81. The van der Waals surface area contributed by atoms with Crippen LogP contribution in [0.25, 0.3) is 10.6 Å². The SMILES string of the molecule is CCOC(=O)Nc1ccc(S(=O)(=O)n2cc(-c3cccs3)[nH]c2=O)cc1C. The summed E-state index contributed by atoms with van der Waals surface area (Å²) in [6, 6.07) is 7.77. The standard InChI is InChI=1S/C17H17N3O5S2/c1-3-25-17(22)19-13-7-6-12(9-11(13)2)27(23,24)20-10-14(18-16(20)21)15-5-4-8-26-15/h4-10H,3H2,1-2H3,(H,18,21)(H,19,22). The Morgan fingerprint density at radius 3 is 2.74 bits per heavy atom. The molecule has 2 N–H and O–H groups in total. The van der Waals surface area contributed by atoms with Gasteiger partial charge in [-0.3, -0.25) is 5.32 Å². The molecule has 3 rings (SSSR count). The number of aromatic amines is 1. The zero-order chi connectivity index (χ0) is 19.6. The number of aromatic nitrogens is 2. The van der Waals surface area contributed by atoms with E-state index in [0.717, 1.165) is 4.88 Å². The zero-order valence-corrected chi connectivity index (χ0v) is 16.2. The molecule has 142 valence electrons. The topological polar surface area (TPSA) is 110 Å². The van der Waals surface area contributed by atoms with Crippen LogP contribution < -0.4 is 11.0 Å². The summed E-state index contributed by atoms with van der Waals surface area (Å²) >= 11 is 1.39. The van der Waals surface area contributed by atoms with Crippen LogP contribution in [0.2, 0.25) is 0 Å². The quantitative estimate of drug-likeness (QED) is 0.675. The number of ether oxygens (including phenoxy) is 1. The number of H-pyrrole nitrogens is 1. The molecule has 1 aromatic carbocycles. The van der Waals surface area contributed by atoms with Crippen LogP contribution in [0.5, 0.6) is 0 Å². The van der Waals surface area contributed by atoms with Gasteiger partial charge in [-0.15, -0.1) is 11.3 Å². The van der Waals surface area contributed by atoms with Crippen molar-refractivity contribution in [2.75, 3.05) is 11.9 Å². The number of hydrogen-bond donors (Lipinski definition) is 2. The summed E-state index contributed by atoms with van der Waals surface area (Å²) in [5.41, 5.74) is 0.625. The van der Waals surface area contributed by atoms with Crippen LogP contribution in [0, 0.1) is 6.92 Å². The largest absolute Gasteiger partial charge is 0.450 e. The van der Waals surface area contributed by atoms with Crippen LogP contribution >= 0.6 is 11.3 Å². The van der Waals surface area contributed by atoms with Crippen molar-refractivity contribution in [3.8, 4) is 10.6 Å². The van der Waals surface area contributed by atoms with Gasteiger partial charge in [0, 0.05) is 5.69 Å².